The maximum Gasteiger partial charge on any atom is 0.336 e. The van der Waals surface area contributed by atoms with E-state index in [1.807, 2.05) is 55.5 Å². The molecule has 0 bridgehead atoms. The molecule has 2 unspecified atom stereocenters. The number of aliphatic imine (C=N–C) groups is 1. The van der Waals surface area contributed by atoms with Crippen LogP contribution in [0.5, 0.6) is 0 Å². The molecule has 178 valence electrons. The fraction of sp³-hybridized carbons (Fsp3) is 0.222. The van der Waals surface area contributed by atoms with Gasteiger partial charge in [0, 0.05) is 58.4 Å². The smallest absolute Gasteiger partial charge is 0.336 e. The number of esters is 1. The molecule has 1 aromatic heterocycles. The van der Waals surface area contributed by atoms with Crippen molar-refractivity contribution in [1.82, 2.24) is 4.98 Å². The summed E-state index contributed by atoms with van der Waals surface area (Å²) in [7, 11) is 0. The molecule has 7 nitrogen and oxygen atoms in total. The number of allylic oxidation sites excluding steroid dienone is 1. The van der Waals surface area contributed by atoms with Crippen molar-refractivity contribution in [3.63, 3.8) is 0 Å². The van der Waals surface area contributed by atoms with Crippen LogP contribution in [0.15, 0.2) is 100 Å². The van der Waals surface area contributed by atoms with E-state index in [0.29, 0.717) is 22.6 Å². The summed E-state index contributed by atoms with van der Waals surface area (Å²) in [5.41, 5.74) is 3.28. The van der Waals surface area contributed by atoms with Crippen LogP contribution in [-0.4, -0.2) is 33.9 Å². The Balaban J connectivity index is 1.65. The summed E-state index contributed by atoms with van der Waals surface area (Å²) in [6.45, 7) is 3.92. The van der Waals surface area contributed by atoms with E-state index in [-0.39, 0.29) is 18.2 Å². The Bertz CT molecular complexity index is 1280. The van der Waals surface area contributed by atoms with E-state index >= 15 is 0 Å². The highest BCUT2D eigenvalue weighted by Crippen LogP contribution is 2.45. The van der Waals surface area contributed by atoms with Crippen LogP contribution in [0.1, 0.15) is 36.8 Å². The minimum absolute atomic E-state index is 0.0303. The first-order chi connectivity index (χ1) is 17.0. The van der Waals surface area contributed by atoms with Crippen LogP contribution >= 0.6 is 11.8 Å². The number of hydrogen-bond donors (Lipinski definition) is 0. The molecular weight excluding hydrogens is 462 g/mol. The molecule has 0 amide bonds. The number of benzene rings is 2. The monoisotopic (exact) mass is 487 g/mol. The number of nitrogens with zero attached hydrogens (tertiary/aromatic N) is 3. The van der Waals surface area contributed by atoms with Gasteiger partial charge >= 0.3 is 5.97 Å². The van der Waals surface area contributed by atoms with Crippen molar-refractivity contribution in [2.45, 2.75) is 30.6 Å². The number of aromatic nitrogens is 1. The molecule has 0 fully saturated rings. The number of nitro benzene ring substituents is 1. The van der Waals surface area contributed by atoms with Crippen molar-refractivity contribution >= 4 is 29.1 Å². The maximum atomic E-state index is 13.4. The van der Waals surface area contributed by atoms with Gasteiger partial charge in [-0.25, -0.2) is 4.79 Å². The number of rotatable bonds is 8. The summed E-state index contributed by atoms with van der Waals surface area (Å²) in [5.74, 6) is -0.655. The molecule has 1 aliphatic rings. The van der Waals surface area contributed by atoms with Gasteiger partial charge in [0.1, 0.15) is 6.61 Å². The first-order valence-corrected chi connectivity index (χ1v) is 12.2. The van der Waals surface area contributed by atoms with Gasteiger partial charge in [0.2, 0.25) is 0 Å². The highest BCUT2D eigenvalue weighted by Gasteiger charge is 2.39. The summed E-state index contributed by atoms with van der Waals surface area (Å²) in [6, 6.07) is 20.1. The van der Waals surface area contributed by atoms with Gasteiger partial charge in [-0.05, 0) is 43.2 Å². The van der Waals surface area contributed by atoms with E-state index in [1.54, 1.807) is 37.1 Å². The van der Waals surface area contributed by atoms with Crippen LogP contribution in [0.2, 0.25) is 0 Å². The van der Waals surface area contributed by atoms with E-state index in [4.69, 9.17) is 4.74 Å². The zero-order chi connectivity index (χ0) is 24.8. The quantitative estimate of drug-likeness (QED) is 0.128. The summed E-state index contributed by atoms with van der Waals surface area (Å²) >= 11 is 1.61. The predicted octanol–water partition coefficient (Wildman–Crippen LogP) is 5.94. The van der Waals surface area contributed by atoms with Crippen molar-refractivity contribution in [2.75, 3.05) is 12.4 Å². The molecule has 2 heterocycles. The third kappa shape index (κ3) is 5.66. The first-order valence-electron chi connectivity index (χ1n) is 11.2. The molecule has 0 aliphatic carbocycles. The van der Waals surface area contributed by atoms with E-state index in [1.165, 1.54) is 12.1 Å². The molecule has 8 heteroatoms. The number of carbonyl (C=O) groups is 1. The second-order valence-corrected chi connectivity index (χ2v) is 9.31. The van der Waals surface area contributed by atoms with Crippen LogP contribution in [0.4, 0.5) is 5.69 Å². The zero-order valence-electron chi connectivity index (χ0n) is 19.5. The fourth-order valence-corrected chi connectivity index (χ4v) is 5.13. The van der Waals surface area contributed by atoms with Gasteiger partial charge in [-0.2, -0.15) is 0 Å². The Hall–Kier alpha value is -3.78. The van der Waals surface area contributed by atoms with Crippen LogP contribution in [0.25, 0.3) is 0 Å². The number of hydrogen-bond acceptors (Lipinski definition) is 7. The third-order valence-corrected chi connectivity index (χ3v) is 6.84. The van der Waals surface area contributed by atoms with E-state index in [9.17, 15) is 14.9 Å². The Kier molecular flexibility index (Phi) is 7.72. The second-order valence-electron chi connectivity index (χ2n) is 8.14. The summed E-state index contributed by atoms with van der Waals surface area (Å²) in [6.07, 6.45) is 3.43. The van der Waals surface area contributed by atoms with Crippen molar-refractivity contribution in [1.29, 1.82) is 0 Å². The van der Waals surface area contributed by atoms with E-state index < -0.39 is 16.8 Å². The van der Waals surface area contributed by atoms with Crippen LogP contribution in [0, 0.1) is 10.1 Å². The second kappa shape index (κ2) is 11.1. The first kappa shape index (κ1) is 24.3. The molecular formula is C27H25N3O4S. The molecule has 35 heavy (non-hydrogen) atoms. The standard InChI is InChI=1S/C27H25N3O4S/c1-18-24(21-9-7-13-28-17-21)26(20-8-6-10-22(16-20)30(32)33)25(19(2)29-18)27(31)34-14-15-35-23-11-4-3-5-12-23/h3-13,16-17,24,26H,14-15H2,1-2H3. The maximum absolute atomic E-state index is 13.4. The minimum atomic E-state index is -0.495. The van der Waals surface area contributed by atoms with Gasteiger partial charge in [0.05, 0.1) is 10.5 Å². The molecule has 3 aromatic rings. The third-order valence-electron chi connectivity index (χ3n) is 5.86. The Morgan fingerprint density at radius 3 is 2.51 bits per heavy atom. The van der Waals surface area contributed by atoms with Gasteiger partial charge in [-0.3, -0.25) is 20.1 Å². The Morgan fingerprint density at radius 1 is 1.03 bits per heavy atom. The molecule has 1 aliphatic heterocycles. The molecule has 0 saturated carbocycles. The highest BCUT2D eigenvalue weighted by atomic mass is 32.2. The zero-order valence-corrected chi connectivity index (χ0v) is 20.3. The lowest BCUT2D eigenvalue weighted by Crippen LogP contribution is -2.29. The summed E-state index contributed by atoms with van der Waals surface area (Å²) in [4.78, 5) is 34.5. The highest BCUT2D eigenvalue weighted by molar-refractivity contribution is 7.99. The van der Waals surface area contributed by atoms with Crippen molar-refractivity contribution in [2.24, 2.45) is 4.99 Å². The number of ether oxygens (including phenoxy) is 1. The van der Waals surface area contributed by atoms with Gasteiger partial charge in [-0.1, -0.05) is 36.4 Å². The topological polar surface area (TPSA) is 94.7 Å². The Labute approximate surface area is 208 Å². The number of thioether (sulfide) groups is 1. The van der Waals surface area contributed by atoms with Gasteiger partial charge in [-0.15, -0.1) is 11.8 Å². The molecule has 2 atom stereocenters. The van der Waals surface area contributed by atoms with Crippen LogP contribution < -0.4 is 0 Å². The average Bonchev–Trinajstić information content (AvgIpc) is 2.87. The fourth-order valence-electron chi connectivity index (χ4n) is 4.37. The predicted molar refractivity (Wildman–Crippen MR) is 137 cm³/mol. The number of carbonyl (C=O) groups excluding carboxylic acids is 1. The van der Waals surface area contributed by atoms with E-state index in [0.717, 1.165) is 16.2 Å². The lowest BCUT2D eigenvalue weighted by molar-refractivity contribution is -0.384. The van der Waals surface area contributed by atoms with E-state index in [2.05, 4.69) is 9.98 Å². The van der Waals surface area contributed by atoms with Crippen molar-refractivity contribution in [3.05, 3.63) is 112 Å². The molecule has 0 radical (unpaired) electrons. The molecule has 0 spiro atoms. The minimum Gasteiger partial charge on any atom is -0.461 e. The van der Waals surface area contributed by atoms with Gasteiger partial charge < -0.3 is 4.74 Å². The molecule has 0 saturated heterocycles. The lowest BCUT2D eigenvalue weighted by Gasteiger charge is -2.33. The summed E-state index contributed by atoms with van der Waals surface area (Å²) < 4.78 is 5.69. The normalized spacial score (nSPS) is 17.6. The van der Waals surface area contributed by atoms with Crippen LogP contribution in [-0.2, 0) is 9.53 Å². The average molecular weight is 488 g/mol. The van der Waals surface area contributed by atoms with Crippen molar-refractivity contribution in [3.8, 4) is 0 Å². The largest absolute Gasteiger partial charge is 0.461 e. The van der Waals surface area contributed by atoms with Crippen molar-refractivity contribution < 1.29 is 14.5 Å². The number of pyridine rings is 1. The molecule has 4 rings (SSSR count). The van der Waals surface area contributed by atoms with Gasteiger partial charge in [0.25, 0.3) is 5.69 Å². The Morgan fingerprint density at radius 2 is 1.80 bits per heavy atom. The van der Waals surface area contributed by atoms with Crippen LogP contribution in [0.3, 0.4) is 0 Å². The molecule has 2 aromatic carbocycles. The lowest BCUT2D eigenvalue weighted by atomic mass is 9.73. The number of nitro groups is 1. The summed E-state index contributed by atoms with van der Waals surface area (Å²) in [5, 5.41) is 11.5. The van der Waals surface area contributed by atoms with Gasteiger partial charge in [0.15, 0.2) is 0 Å². The number of non-ortho nitro benzene ring substituents is 1. The SMILES string of the molecule is CC1=NC(C)=C(C(=O)OCCSc2ccccc2)C(c2cccc([N+](=O)[O-])c2)C1c1cccnc1. The molecule has 0 N–H and O–H groups in total.